The van der Waals surface area contributed by atoms with Gasteiger partial charge in [-0.2, -0.15) is 0 Å². The van der Waals surface area contributed by atoms with E-state index in [9.17, 15) is 0 Å². The van der Waals surface area contributed by atoms with Crippen LogP contribution in [0.1, 0.15) is 43.0 Å². The molecule has 0 aromatic heterocycles. The highest BCUT2D eigenvalue weighted by Crippen LogP contribution is 2.43. The van der Waals surface area contributed by atoms with Crippen LogP contribution in [-0.2, 0) is 0 Å². The number of fused-ring (bicyclic) bond motifs is 1. The maximum Gasteiger partial charge on any atom is 0.161 e. The Morgan fingerprint density at radius 1 is 1.11 bits per heavy atom. The van der Waals surface area contributed by atoms with Gasteiger partial charge < -0.3 is 9.47 Å². The molecule has 0 spiro atoms. The van der Waals surface area contributed by atoms with E-state index in [0.29, 0.717) is 10.7 Å². The third-order valence-corrected chi connectivity index (χ3v) is 5.42. The number of alkyl halides is 1. The predicted molar refractivity (Wildman–Crippen MR) is 80.2 cm³/mol. The molecule has 0 saturated heterocycles. The van der Waals surface area contributed by atoms with Gasteiger partial charge in [0, 0.05) is 10.7 Å². The van der Waals surface area contributed by atoms with Crippen molar-refractivity contribution in [1.82, 2.24) is 0 Å². The first-order valence-corrected chi connectivity index (χ1v) is 8.19. The van der Waals surface area contributed by atoms with Crippen LogP contribution in [0.15, 0.2) is 18.2 Å². The van der Waals surface area contributed by atoms with Gasteiger partial charge in [-0.1, -0.05) is 41.8 Å². The van der Waals surface area contributed by atoms with E-state index in [-0.39, 0.29) is 0 Å². The monoisotopic (exact) mass is 324 g/mol. The quantitative estimate of drug-likeness (QED) is 0.733. The van der Waals surface area contributed by atoms with Gasteiger partial charge >= 0.3 is 0 Å². The van der Waals surface area contributed by atoms with E-state index in [4.69, 9.17) is 9.47 Å². The molecule has 0 N–H and O–H groups in total. The molecule has 2 atom stereocenters. The molecule has 2 unspecified atom stereocenters. The van der Waals surface area contributed by atoms with Gasteiger partial charge in [0.25, 0.3) is 0 Å². The fraction of sp³-hybridized carbons (Fsp3) is 0.625. The lowest BCUT2D eigenvalue weighted by Gasteiger charge is -2.18. The minimum absolute atomic E-state index is 0.449. The first-order valence-electron chi connectivity index (χ1n) is 7.27. The second kappa shape index (κ2) is 5.74. The largest absolute Gasteiger partial charge is 0.489 e. The van der Waals surface area contributed by atoms with E-state index in [1.54, 1.807) is 0 Å². The zero-order valence-corrected chi connectivity index (χ0v) is 13.0. The first-order chi connectivity index (χ1) is 9.24. The summed E-state index contributed by atoms with van der Waals surface area (Å²) in [5, 5.41) is 0. The van der Waals surface area contributed by atoms with Gasteiger partial charge in [-0.3, -0.25) is 0 Å². The summed E-state index contributed by atoms with van der Waals surface area (Å²) in [4.78, 5) is 0.449. The van der Waals surface area contributed by atoms with E-state index in [1.165, 1.54) is 31.2 Å². The molecule has 1 aromatic carbocycles. The van der Waals surface area contributed by atoms with Crippen LogP contribution in [0.25, 0.3) is 0 Å². The molecular weight excluding hydrogens is 304 g/mol. The van der Waals surface area contributed by atoms with E-state index in [1.807, 2.05) is 0 Å². The third-order valence-electron chi connectivity index (χ3n) is 4.15. The maximum atomic E-state index is 5.87. The fourth-order valence-corrected chi connectivity index (χ4v) is 3.78. The molecule has 2 nitrogen and oxygen atoms in total. The molecule has 1 aliphatic heterocycles. The highest BCUT2D eigenvalue weighted by atomic mass is 79.9. The molecular formula is C16H21BrO2. The Hall–Kier alpha value is -0.700. The molecule has 2 aliphatic rings. The Kier molecular flexibility index (Phi) is 4.01. The zero-order valence-electron chi connectivity index (χ0n) is 11.4. The van der Waals surface area contributed by atoms with Crippen molar-refractivity contribution in [2.45, 2.75) is 37.4 Å². The highest BCUT2D eigenvalue weighted by molar-refractivity contribution is 9.09. The molecule has 0 bridgehead atoms. The summed E-state index contributed by atoms with van der Waals surface area (Å²) in [5.74, 6) is 3.01. The Bertz CT molecular complexity index is 440. The summed E-state index contributed by atoms with van der Waals surface area (Å²) in [6.45, 7) is 3.64. The van der Waals surface area contributed by atoms with Gasteiger partial charge in [-0.15, -0.1) is 0 Å². The number of hydrogen-bond donors (Lipinski definition) is 0. The van der Waals surface area contributed by atoms with Crippen molar-refractivity contribution in [1.29, 1.82) is 0 Å². The van der Waals surface area contributed by atoms with Crippen LogP contribution in [0.2, 0.25) is 0 Å². The van der Waals surface area contributed by atoms with E-state index in [0.717, 1.165) is 30.6 Å². The molecule has 1 fully saturated rings. The number of benzene rings is 1. The van der Waals surface area contributed by atoms with Gasteiger partial charge in [0.2, 0.25) is 0 Å². The Balaban J connectivity index is 1.80. The smallest absolute Gasteiger partial charge is 0.161 e. The Morgan fingerprint density at radius 2 is 1.79 bits per heavy atom. The van der Waals surface area contributed by atoms with Crippen LogP contribution in [0.4, 0.5) is 0 Å². The molecule has 0 amide bonds. The number of rotatable bonds is 2. The topological polar surface area (TPSA) is 18.5 Å². The predicted octanol–water partition coefficient (Wildman–Crippen LogP) is 4.72. The molecule has 19 heavy (non-hydrogen) atoms. The zero-order chi connectivity index (χ0) is 13.2. The lowest BCUT2D eigenvalue weighted by Crippen LogP contribution is -2.12. The van der Waals surface area contributed by atoms with Crippen molar-refractivity contribution < 1.29 is 9.47 Å². The summed E-state index contributed by atoms with van der Waals surface area (Å²) in [6.07, 6.45) is 5.41. The summed E-state index contributed by atoms with van der Waals surface area (Å²) < 4.78 is 11.6. The molecule has 1 heterocycles. The van der Waals surface area contributed by atoms with Crippen LogP contribution in [0.3, 0.4) is 0 Å². The standard InChI is InChI=1S/C16H21BrO2/c1-11-9-18-14-7-6-13(8-15(14)19-10-11)16(17)12-4-2-3-5-12/h6-8,11-12,16H,2-5,9-10H2,1H3. The molecule has 3 heteroatoms. The first kappa shape index (κ1) is 13.3. The van der Waals surface area contributed by atoms with E-state index >= 15 is 0 Å². The minimum Gasteiger partial charge on any atom is -0.489 e. The Morgan fingerprint density at radius 3 is 2.53 bits per heavy atom. The van der Waals surface area contributed by atoms with Crippen LogP contribution < -0.4 is 9.47 Å². The number of ether oxygens (including phenoxy) is 2. The van der Waals surface area contributed by atoms with Crippen molar-refractivity contribution in [3.8, 4) is 11.5 Å². The van der Waals surface area contributed by atoms with Gasteiger partial charge in [0.05, 0.1) is 13.2 Å². The molecule has 0 radical (unpaired) electrons. The lowest BCUT2D eigenvalue weighted by molar-refractivity contribution is 0.228. The van der Waals surface area contributed by atoms with Gasteiger partial charge in [-0.25, -0.2) is 0 Å². The highest BCUT2D eigenvalue weighted by Gasteiger charge is 2.25. The van der Waals surface area contributed by atoms with Gasteiger partial charge in [-0.05, 0) is 36.5 Å². The van der Waals surface area contributed by atoms with Gasteiger partial charge in [0.15, 0.2) is 11.5 Å². The second-order valence-corrected chi connectivity index (χ2v) is 6.87. The van der Waals surface area contributed by atoms with Crippen molar-refractivity contribution in [3.63, 3.8) is 0 Å². The SMILES string of the molecule is CC1COc2ccc(C(Br)C3CCCC3)cc2OC1. The van der Waals surface area contributed by atoms with Crippen molar-refractivity contribution >= 4 is 15.9 Å². The molecule has 104 valence electrons. The molecule has 1 aliphatic carbocycles. The summed E-state index contributed by atoms with van der Waals surface area (Å²) in [5.41, 5.74) is 1.32. The van der Waals surface area contributed by atoms with Crippen LogP contribution in [0.5, 0.6) is 11.5 Å². The summed E-state index contributed by atoms with van der Waals surface area (Å²) in [7, 11) is 0. The van der Waals surface area contributed by atoms with Crippen LogP contribution in [0, 0.1) is 11.8 Å². The van der Waals surface area contributed by atoms with Gasteiger partial charge in [0.1, 0.15) is 0 Å². The summed E-state index contributed by atoms with van der Waals surface area (Å²) >= 11 is 3.88. The van der Waals surface area contributed by atoms with Crippen molar-refractivity contribution in [2.24, 2.45) is 11.8 Å². The number of halogens is 1. The third kappa shape index (κ3) is 2.91. The second-order valence-electron chi connectivity index (χ2n) is 5.88. The summed E-state index contributed by atoms with van der Waals surface area (Å²) in [6, 6.07) is 6.40. The van der Waals surface area contributed by atoms with E-state index in [2.05, 4.69) is 41.1 Å². The van der Waals surface area contributed by atoms with E-state index < -0.39 is 0 Å². The fourth-order valence-electron chi connectivity index (χ4n) is 2.96. The Labute approximate surface area is 123 Å². The minimum atomic E-state index is 0.449. The lowest BCUT2D eigenvalue weighted by atomic mass is 9.97. The average Bonchev–Trinajstić information content (AvgIpc) is 2.90. The van der Waals surface area contributed by atoms with Crippen molar-refractivity contribution in [3.05, 3.63) is 23.8 Å². The van der Waals surface area contributed by atoms with Crippen molar-refractivity contribution in [2.75, 3.05) is 13.2 Å². The molecule has 1 saturated carbocycles. The van der Waals surface area contributed by atoms with Crippen LogP contribution >= 0.6 is 15.9 Å². The number of hydrogen-bond acceptors (Lipinski definition) is 2. The van der Waals surface area contributed by atoms with Crippen LogP contribution in [-0.4, -0.2) is 13.2 Å². The normalized spacial score (nSPS) is 25.1. The average molecular weight is 325 g/mol. The maximum absolute atomic E-state index is 5.87. The molecule has 3 rings (SSSR count). The molecule has 1 aromatic rings.